The number of hydrogen-bond acceptors (Lipinski definition) is 8. The second kappa shape index (κ2) is 6.27. The van der Waals surface area contributed by atoms with Crippen molar-refractivity contribution in [3.8, 4) is 0 Å². The summed E-state index contributed by atoms with van der Waals surface area (Å²) in [4.78, 5) is 45.9. The van der Waals surface area contributed by atoms with Gasteiger partial charge < -0.3 is 0 Å². The van der Waals surface area contributed by atoms with E-state index in [-0.39, 0.29) is 33.7 Å². The van der Waals surface area contributed by atoms with Crippen molar-refractivity contribution in [2.75, 3.05) is 0 Å². The van der Waals surface area contributed by atoms with Gasteiger partial charge in [0.05, 0.1) is 0 Å². The van der Waals surface area contributed by atoms with Gasteiger partial charge in [-0.2, -0.15) is 0 Å². The molecule has 10 heteroatoms. The lowest BCUT2D eigenvalue weighted by Crippen LogP contribution is -2.33. The summed E-state index contributed by atoms with van der Waals surface area (Å²) >= 11 is 0. The molecule has 0 saturated heterocycles. The molecule has 28 heavy (non-hydrogen) atoms. The average molecular weight is 378 g/mol. The number of carbonyl (C=O) groups is 2. The van der Waals surface area contributed by atoms with Crippen LogP contribution in [0.5, 0.6) is 0 Å². The second-order valence-corrected chi connectivity index (χ2v) is 6.17. The zero-order valence-electron chi connectivity index (χ0n) is 14.0. The van der Waals surface area contributed by atoms with E-state index in [2.05, 4.69) is 10.2 Å². The molecule has 0 radical (unpaired) electrons. The molecule has 2 aliphatic rings. The van der Waals surface area contributed by atoms with Gasteiger partial charge in [0.1, 0.15) is 0 Å². The van der Waals surface area contributed by atoms with Crippen molar-refractivity contribution in [3.63, 3.8) is 0 Å². The Morgan fingerprint density at radius 1 is 0.643 bits per heavy atom. The highest BCUT2D eigenvalue weighted by atomic mass is 16.6. The number of hydrogen-bond donors (Lipinski definition) is 0. The third kappa shape index (κ3) is 2.42. The molecule has 4 rings (SSSR count). The summed E-state index contributed by atoms with van der Waals surface area (Å²) in [5.74, 6) is -1.46. The number of fused-ring (bicyclic) bond motifs is 2. The molecule has 10 nitrogen and oxygen atoms in total. The topological polar surface area (TPSA) is 145 Å². The van der Waals surface area contributed by atoms with Gasteiger partial charge in [-0.3, -0.25) is 29.8 Å². The smallest absolute Gasteiger partial charge is 0.286 e. The van der Waals surface area contributed by atoms with E-state index in [1.54, 1.807) is 24.3 Å². The van der Waals surface area contributed by atoms with Crippen molar-refractivity contribution < 1.29 is 19.4 Å². The SMILES string of the molecule is O=C1c2ccccc2/C(=N\N=C2/c3ccccc3C(=O)C2[N+](=O)[O-])C1[N+](=O)[O-]. The molecule has 0 bridgehead atoms. The normalized spacial score (nSPS) is 23.1. The molecular weight excluding hydrogens is 368 g/mol. The lowest BCUT2D eigenvalue weighted by molar-refractivity contribution is -0.486. The molecule has 2 aliphatic carbocycles. The largest absolute Gasteiger partial charge is 0.318 e. The van der Waals surface area contributed by atoms with Crippen molar-refractivity contribution in [2.45, 2.75) is 12.1 Å². The van der Waals surface area contributed by atoms with E-state index in [1.165, 1.54) is 24.3 Å². The summed E-state index contributed by atoms with van der Waals surface area (Å²) in [7, 11) is 0. The molecule has 138 valence electrons. The number of ketones is 2. The van der Waals surface area contributed by atoms with Crippen LogP contribution >= 0.6 is 0 Å². The van der Waals surface area contributed by atoms with Crippen LogP contribution in [0.4, 0.5) is 0 Å². The fourth-order valence-electron chi connectivity index (χ4n) is 3.40. The van der Waals surface area contributed by atoms with Crippen LogP contribution in [0.2, 0.25) is 0 Å². The molecule has 0 saturated carbocycles. The van der Waals surface area contributed by atoms with E-state index < -0.39 is 33.5 Å². The number of carbonyl (C=O) groups excluding carboxylic acids is 2. The van der Waals surface area contributed by atoms with Gasteiger partial charge in [-0.05, 0) is 0 Å². The minimum Gasteiger partial charge on any atom is -0.286 e. The number of rotatable bonds is 3. The van der Waals surface area contributed by atoms with Crippen LogP contribution in [-0.2, 0) is 0 Å². The molecule has 2 unspecified atom stereocenters. The molecule has 0 fully saturated rings. The van der Waals surface area contributed by atoms with E-state index in [9.17, 15) is 29.8 Å². The van der Waals surface area contributed by atoms with Crippen LogP contribution in [0.15, 0.2) is 58.7 Å². The maximum atomic E-state index is 12.3. The first-order valence-electron chi connectivity index (χ1n) is 8.11. The van der Waals surface area contributed by atoms with Crippen LogP contribution in [0, 0.1) is 20.2 Å². The van der Waals surface area contributed by atoms with Gasteiger partial charge in [0.25, 0.3) is 0 Å². The zero-order chi connectivity index (χ0) is 20.0. The van der Waals surface area contributed by atoms with Crippen LogP contribution < -0.4 is 0 Å². The van der Waals surface area contributed by atoms with E-state index in [4.69, 9.17) is 0 Å². The monoisotopic (exact) mass is 378 g/mol. The minimum atomic E-state index is -1.75. The third-order valence-electron chi connectivity index (χ3n) is 4.64. The molecule has 0 aromatic heterocycles. The van der Waals surface area contributed by atoms with Gasteiger partial charge in [-0.15, -0.1) is 10.2 Å². The van der Waals surface area contributed by atoms with Crippen LogP contribution in [-0.4, -0.2) is 44.9 Å². The fraction of sp³-hybridized carbons (Fsp3) is 0.111. The molecular formula is C18H10N4O6. The lowest BCUT2D eigenvalue weighted by atomic mass is 10.1. The molecule has 0 amide bonds. The number of Topliss-reactive ketones (excluding diaryl/α,β-unsaturated/α-hetero) is 2. The van der Waals surface area contributed by atoms with E-state index >= 15 is 0 Å². The van der Waals surface area contributed by atoms with Crippen molar-refractivity contribution in [2.24, 2.45) is 10.2 Å². The standard InChI is InChI=1S/C18H10N4O6/c23-17-11-7-3-1-5-9(11)13(15(17)21(25)26)19-20-14-10-6-2-4-8-12(10)18(24)16(14)22(27)28/h1-8,15-16H/b19-13+,20-14+. The molecule has 2 aromatic carbocycles. The third-order valence-corrected chi connectivity index (χ3v) is 4.64. The van der Waals surface area contributed by atoms with Gasteiger partial charge in [0.15, 0.2) is 11.4 Å². The van der Waals surface area contributed by atoms with E-state index in [0.717, 1.165) is 0 Å². The molecule has 0 aliphatic heterocycles. The Balaban J connectivity index is 1.89. The van der Waals surface area contributed by atoms with Crippen molar-refractivity contribution in [3.05, 3.63) is 91.0 Å². The molecule has 2 aromatic rings. The molecule has 0 spiro atoms. The van der Waals surface area contributed by atoms with E-state index in [1.807, 2.05) is 0 Å². The Morgan fingerprint density at radius 2 is 0.964 bits per heavy atom. The maximum absolute atomic E-state index is 12.3. The van der Waals surface area contributed by atoms with Gasteiger partial charge in [-0.1, -0.05) is 48.5 Å². The highest BCUT2D eigenvalue weighted by Gasteiger charge is 2.47. The Bertz CT molecular complexity index is 1050. The first kappa shape index (κ1) is 17.3. The predicted molar refractivity (Wildman–Crippen MR) is 96.2 cm³/mol. The molecule has 0 heterocycles. The van der Waals surface area contributed by atoms with Gasteiger partial charge in [-0.25, -0.2) is 0 Å². The minimum absolute atomic E-state index is 0.136. The van der Waals surface area contributed by atoms with Crippen molar-refractivity contribution in [1.82, 2.24) is 0 Å². The fourth-order valence-corrected chi connectivity index (χ4v) is 3.40. The predicted octanol–water partition coefficient (Wildman–Crippen LogP) is 1.56. The Labute approximate surface area is 156 Å². The molecule has 0 N–H and O–H groups in total. The first-order chi connectivity index (χ1) is 13.4. The lowest BCUT2D eigenvalue weighted by Gasteiger charge is -2.02. The van der Waals surface area contributed by atoms with Crippen LogP contribution in [0.25, 0.3) is 0 Å². The van der Waals surface area contributed by atoms with E-state index in [0.29, 0.717) is 0 Å². The quantitative estimate of drug-likeness (QED) is 0.585. The number of nitro groups is 2. The number of benzene rings is 2. The Morgan fingerprint density at radius 3 is 1.29 bits per heavy atom. The summed E-state index contributed by atoms with van der Waals surface area (Å²) in [6.07, 6.45) is 0. The van der Waals surface area contributed by atoms with Gasteiger partial charge in [0, 0.05) is 32.1 Å². The van der Waals surface area contributed by atoms with Gasteiger partial charge in [0.2, 0.25) is 11.6 Å². The summed E-state index contributed by atoms with van der Waals surface area (Å²) in [6, 6.07) is 8.69. The van der Waals surface area contributed by atoms with Gasteiger partial charge >= 0.3 is 12.1 Å². The summed E-state index contributed by atoms with van der Waals surface area (Å²) in [6.45, 7) is 0. The van der Waals surface area contributed by atoms with Crippen molar-refractivity contribution in [1.29, 1.82) is 0 Å². The van der Waals surface area contributed by atoms with Crippen molar-refractivity contribution >= 4 is 23.0 Å². The first-order valence-corrected chi connectivity index (χ1v) is 8.11. The van der Waals surface area contributed by atoms with Crippen LogP contribution in [0.1, 0.15) is 31.8 Å². The second-order valence-electron chi connectivity index (χ2n) is 6.17. The number of nitrogens with zero attached hydrogens (tertiary/aromatic N) is 4. The Hall–Kier alpha value is -4.08. The highest BCUT2D eigenvalue weighted by molar-refractivity contribution is 6.32. The summed E-state index contributed by atoms with van der Waals surface area (Å²) < 4.78 is 0. The highest BCUT2D eigenvalue weighted by Crippen LogP contribution is 2.27. The zero-order valence-corrected chi connectivity index (χ0v) is 14.0. The summed E-state index contributed by atoms with van der Waals surface area (Å²) in [5, 5.41) is 30.5. The molecule has 2 atom stereocenters. The Kier molecular flexibility index (Phi) is 3.88. The average Bonchev–Trinajstić information content (AvgIpc) is 3.12. The summed E-state index contributed by atoms with van der Waals surface area (Å²) in [5.41, 5.74) is 0.338. The maximum Gasteiger partial charge on any atom is 0.318 e. The van der Waals surface area contributed by atoms with Crippen LogP contribution in [0.3, 0.4) is 0 Å².